The summed E-state index contributed by atoms with van der Waals surface area (Å²) in [5.74, 6) is -1.46. The molecule has 11 heteroatoms. The van der Waals surface area contributed by atoms with Gasteiger partial charge in [-0.15, -0.1) is 0 Å². The predicted octanol–water partition coefficient (Wildman–Crippen LogP) is -4.67. The van der Waals surface area contributed by atoms with E-state index in [1.807, 2.05) is 0 Å². The van der Waals surface area contributed by atoms with Crippen LogP contribution in [0.5, 0.6) is 0 Å². The van der Waals surface area contributed by atoms with E-state index in [0.29, 0.717) is 0 Å². The van der Waals surface area contributed by atoms with E-state index in [1.165, 1.54) is 12.1 Å². The molecule has 7 nitrogen and oxygen atoms in total. The molecular weight excluding hydrogens is 240 g/mol. The molecule has 0 saturated heterocycles. The summed E-state index contributed by atoms with van der Waals surface area (Å²) >= 11 is 0. The van der Waals surface area contributed by atoms with Gasteiger partial charge in [-0.05, 0) is 0 Å². The summed E-state index contributed by atoms with van der Waals surface area (Å²) in [4.78, 5) is 5.70. The Morgan fingerprint density at radius 3 is 1.76 bits per heavy atom. The molecule has 0 unspecified atom stereocenters. The van der Waals surface area contributed by atoms with E-state index >= 15 is 0 Å². The van der Waals surface area contributed by atoms with Crippen molar-refractivity contribution in [3.05, 3.63) is 17.2 Å². The number of imidazole rings is 1. The second-order valence-electron chi connectivity index (χ2n) is 1.97. The predicted molar refractivity (Wildman–Crippen MR) is 42.8 cm³/mol. The number of halogens is 3. The van der Waals surface area contributed by atoms with Crippen LogP contribution in [-0.2, 0) is 6.18 Å². The Labute approximate surface area is 105 Å². The minimum Gasteiger partial charge on any atom is -0.422 e. The van der Waals surface area contributed by atoms with Gasteiger partial charge in [-0.1, -0.05) is 0 Å². The largest absolute Gasteiger partial charge is 1.00 e. The number of aromatic nitrogens is 2. The molecule has 0 aliphatic rings. The first kappa shape index (κ1) is 24.6. The van der Waals surface area contributed by atoms with Gasteiger partial charge in [0.25, 0.3) is 0 Å². The average molecular weight is 246 g/mol. The maximum atomic E-state index is 11.9. The first-order valence-corrected chi connectivity index (χ1v) is 2.91. The van der Waals surface area contributed by atoms with E-state index in [9.17, 15) is 13.2 Å². The summed E-state index contributed by atoms with van der Waals surface area (Å²) in [7, 11) is 0. The summed E-state index contributed by atoms with van der Waals surface area (Å²) < 4.78 is 35.7. The van der Waals surface area contributed by atoms with Gasteiger partial charge in [0.1, 0.15) is 0 Å². The van der Waals surface area contributed by atoms with Crippen LogP contribution in [0.2, 0.25) is 0 Å². The van der Waals surface area contributed by atoms with Crippen molar-refractivity contribution in [3.63, 3.8) is 0 Å². The molecule has 1 aromatic heterocycles. The van der Waals surface area contributed by atoms with Gasteiger partial charge in [0.2, 0.25) is 0 Å². The molecule has 90 valence electrons. The molecule has 1 aromatic rings. The summed E-state index contributed by atoms with van der Waals surface area (Å²) in [5.41, 5.74) is -1.20. The van der Waals surface area contributed by atoms with E-state index in [4.69, 9.17) is 10.5 Å². The molecule has 0 aliphatic heterocycles. The van der Waals surface area contributed by atoms with Gasteiger partial charge in [0.15, 0.2) is 0 Å². The van der Waals surface area contributed by atoms with Crippen molar-refractivity contribution in [2.45, 2.75) is 6.18 Å². The standard InChI is InChI=1S/C6F3N4.Li.3H2O/c7-6(8,9)5-12-3(1-10)4(2-11)13-5;;;;/h;;3*1H2/q-1;+1;;;. The number of hydrogen-bond acceptors (Lipinski definition) is 3. The van der Waals surface area contributed by atoms with Crippen molar-refractivity contribution in [3.8, 4) is 12.1 Å². The fourth-order valence-electron chi connectivity index (χ4n) is 0.625. The maximum Gasteiger partial charge on any atom is 1.00 e. The summed E-state index contributed by atoms with van der Waals surface area (Å²) in [6, 6.07) is 2.69. The third kappa shape index (κ3) is 5.36. The van der Waals surface area contributed by atoms with Crippen LogP contribution in [-0.4, -0.2) is 21.4 Å². The minimum absolute atomic E-state index is 0. The summed E-state index contributed by atoms with van der Waals surface area (Å²) in [6.45, 7) is 0. The zero-order valence-electron chi connectivity index (χ0n) is 8.42. The molecule has 0 atom stereocenters. The van der Waals surface area contributed by atoms with Crippen molar-refractivity contribution in [2.24, 2.45) is 0 Å². The molecule has 0 aliphatic carbocycles. The smallest absolute Gasteiger partial charge is 0.422 e. The fraction of sp³-hybridized carbons (Fsp3) is 0.167. The van der Waals surface area contributed by atoms with Gasteiger partial charge in [-0.3, -0.25) is 0 Å². The molecule has 17 heavy (non-hydrogen) atoms. The Hall–Kier alpha value is -1.54. The molecular formula is C6H6F3LiN4O3. The number of nitrogens with zero attached hydrogens (tertiary/aromatic N) is 4. The Morgan fingerprint density at radius 1 is 1.06 bits per heavy atom. The quantitative estimate of drug-likeness (QED) is 0.419. The Kier molecular flexibility index (Phi) is 12.4. The van der Waals surface area contributed by atoms with Crippen LogP contribution in [0.4, 0.5) is 13.2 Å². The van der Waals surface area contributed by atoms with Gasteiger partial charge in [-0.2, -0.15) is 23.7 Å². The first-order valence-electron chi connectivity index (χ1n) is 2.91. The van der Waals surface area contributed by atoms with Gasteiger partial charge in [0.05, 0.1) is 23.5 Å². The molecule has 0 fully saturated rings. The van der Waals surface area contributed by atoms with E-state index in [-0.39, 0.29) is 35.3 Å². The number of alkyl halides is 3. The van der Waals surface area contributed by atoms with Gasteiger partial charge >= 0.3 is 25.0 Å². The van der Waals surface area contributed by atoms with E-state index in [1.54, 1.807) is 0 Å². The van der Waals surface area contributed by atoms with Gasteiger partial charge < -0.3 is 26.4 Å². The molecule has 0 spiro atoms. The number of nitriles is 2. The third-order valence-corrected chi connectivity index (χ3v) is 1.13. The molecule has 0 radical (unpaired) electrons. The van der Waals surface area contributed by atoms with Gasteiger partial charge in [0, 0.05) is 5.82 Å². The van der Waals surface area contributed by atoms with Crippen LogP contribution >= 0.6 is 0 Å². The van der Waals surface area contributed by atoms with Crippen LogP contribution < -0.4 is 23.8 Å². The minimum atomic E-state index is -4.72. The summed E-state index contributed by atoms with van der Waals surface area (Å²) in [5, 5.41) is 16.5. The second-order valence-corrected chi connectivity index (χ2v) is 1.97. The van der Waals surface area contributed by atoms with E-state index < -0.39 is 23.4 Å². The van der Waals surface area contributed by atoms with Gasteiger partial charge in [-0.25, -0.2) is 0 Å². The zero-order valence-corrected chi connectivity index (χ0v) is 8.42. The number of hydrogen-bond donors (Lipinski definition) is 0. The van der Waals surface area contributed by atoms with Crippen LogP contribution in [0.1, 0.15) is 17.2 Å². The molecule has 6 N–H and O–H groups in total. The van der Waals surface area contributed by atoms with Crippen molar-refractivity contribution in [1.29, 1.82) is 10.5 Å². The third-order valence-electron chi connectivity index (χ3n) is 1.13. The second kappa shape index (κ2) is 8.59. The maximum absolute atomic E-state index is 11.9. The Morgan fingerprint density at radius 2 is 1.53 bits per heavy atom. The van der Waals surface area contributed by atoms with Crippen molar-refractivity contribution < 1.29 is 48.5 Å². The SMILES string of the molecule is N#Cc1nc(C(F)(F)F)[n-]c1C#N.O.O.O.[Li+]. The molecule has 1 heterocycles. The van der Waals surface area contributed by atoms with E-state index in [0.717, 1.165) is 0 Å². The van der Waals surface area contributed by atoms with Crippen molar-refractivity contribution in [2.75, 3.05) is 0 Å². The van der Waals surface area contributed by atoms with Crippen LogP contribution in [0.15, 0.2) is 0 Å². The Balaban J connectivity index is -0.000000211. The molecule has 0 saturated carbocycles. The average Bonchev–Trinajstić information content (AvgIpc) is 2.45. The zero-order chi connectivity index (χ0) is 10.1. The fourth-order valence-corrected chi connectivity index (χ4v) is 0.625. The monoisotopic (exact) mass is 246 g/mol. The molecule has 0 amide bonds. The molecule has 1 rings (SSSR count). The Bertz CT molecular complexity index is 388. The van der Waals surface area contributed by atoms with Crippen molar-refractivity contribution >= 4 is 0 Å². The normalized spacial score (nSPS) is 8.06. The van der Waals surface area contributed by atoms with E-state index in [2.05, 4.69) is 9.97 Å². The molecule has 0 bridgehead atoms. The molecule has 0 aromatic carbocycles. The first-order chi connectivity index (χ1) is 5.99. The number of rotatable bonds is 0. The topological polar surface area (TPSA) is 169 Å². The van der Waals surface area contributed by atoms with Crippen LogP contribution in [0.3, 0.4) is 0 Å². The van der Waals surface area contributed by atoms with Crippen molar-refractivity contribution in [1.82, 2.24) is 9.97 Å². The van der Waals surface area contributed by atoms with Crippen LogP contribution in [0, 0.1) is 22.7 Å². The van der Waals surface area contributed by atoms with Crippen LogP contribution in [0.25, 0.3) is 0 Å². The summed E-state index contributed by atoms with van der Waals surface area (Å²) in [6.07, 6.45) is -4.72.